The van der Waals surface area contributed by atoms with E-state index >= 15 is 0 Å². The third kappa shape index (κ3) is 3.88. The maximum absolute atomic E-state index is 12.5. The van der Waals surface area contributed by atoms with E-state index in [4.69, 9.17) is 0 Å². The fourth-order valence-electron chi connectivity index (χ4n) is 3.98. The van der Waals surface area contributed by atoms with Gasteiger partial charge < -0.3 is 15.2 Å². The molecule has 0 atom stereocenters. The van der Waals surface area contributed by atoms with Crippen LogP contribution in [0.4, 0.5) is 5.69 Å². The molecule has 0 aliphatic heterocycles. The highest BCUT2D eigenvalue weighted by Crippen LogP contribution is 2.44. The second-order valence-electron chi connectivity index (χ2n) is 7.28. The normalized spacial score (nSPS) is 15.9. The molecule has 6 nitrogen and oxygen atoms in total. The summed E-state index contributed by atoms with van der Waals surface area (Å²) < 4.78 is 1.98. The number of carboxylic acids is 1. The van der Waals surface area contributed by atoms with Crippen LogP contribution < -0.4 is 10.4 Å². The van der Waals surface area contributed by atoms with E-state index in [1.54, 1.807) is 11.3 Å². The Morgan fingerprint density at radius 3 is 2.59 bits per heavy atom. The van der Waals surface area contributed by atoms with Gasteiger partial charge in [0.1, 0.15) is 0 Å². The largest absolute Gasteiger partial charge is 0.550 e. The Balaban J connectivity index is 1.42. The van der Waals surface area contributed by atoms with E-state index in [9.17, 15) is 14.7 Å². The first kappa shape index (κ1) is 17.7. The third-order valence-electron chi connectivity index (χ3n) is 5.28. The molecule has 0 spiro atoms. The molecule has 3 aromatic rings. The number of anilines is 1. The molecule has 1 amide bonds. The van der Waals surface area contributed by atoms with Gasteiger partial charge in [-0.15, -0.1) is 11.3 Å². The summed E-state index contributed by atoms with van der Waals surface area (Å²) in [6, 6.07) is 7.55. The summed E-state index contributed by atoms with van der Waals surface area (Å²) in [6.07, 6.45) is 7.60. The van der Waals surface area contributed by atoms with Gasteiger partial charge in [0.05, 0.1) is 5.69 Å². The van der Waals surface area contributed by atoms with Crippen LogP contribution in [0.1, 0.15) is 38.5 Å². The molecular weight excluding hydrogens is 362 g/mol. The first-order valence-corrected chi connectivity index (χ1v) is 9.93. The van der Waals surface area contributed by atoms with E-state index in [-0.39, 0.29) is 18.7 Å². The van der Waals surface area contributed by atoms with Gasteiger partial charge in [0.25, 0.3) is 0 Å². The molecule has 4 rings (SSSR count). The van der Waals surface area contributed by atoms with Crippen LogP contribution in [0.2, 0.25) is 0 Å². The lowest BCUT2D eigenvalue weighted by molar-refractivity contribution is -0.308. The van der Waals surface area contributed by atoms with Crippen LogP contribution in [-0.2, 0) is 9.59 Å². The van der Waals surface area contributed by atoms with Crippen LogP contribution in [0, 0.1) is 5.41 Å². The molecule has 1 aliphatic carbocycles. The fraction of sp³-hybridized carbons (Fsp3) is 0.350. The number of imidazole rings is 1. The smallest absolute Gasteiger partial charge is 0.224 e. The van der Waals surface area contributed by atoms with Gasteiger partial charge >= 0.3 is 0 Å². The molecule has 1 fully saturated rings. The number of aliphatic carboxylic acids is 1. The van der Waals surface area contributed by atoms with Crippen molar-refractivity contribution in [3.63, 3.8) is 0 Å². The number of nitrogens with one attached hydrogen (secondary N) is 1. The van der Waals surface area contributed by atoms with Crippen molar-refractivity contribution in [1.82, 2.24) is 9.38 Å². The lowest BCUT2D eigenvalue weighted by Gasteiger charge is -2.28. The SMILES string of the molecule is O=C([O-])CC1(CC(=O)Nc2ccc(-c3cn4ccsc4n3)cc2)CCCC1. The highest BCUT2D eigenvalue weighted by molar-refractivity contribution is 7.15. The van der Waals surface area contributed by atoms with Gasteiger partial charge in [-0.2, -0.15) is 0 Å². The lowest BCUT2D eigenvalue weighted by Crippen LogP contribution is -2.33. The van der Waals surface area contributed by atoms with Crippen LogP contribution >= 0.6 is 11.3 Å². The zero-order valence-electron chi connectivity index (χ0n) is 14.8. The van der Waals surface area contributed by atoms with Gasteiger partial charge in [-0.25, -0.2) is 4.98 Å². The van der Waals surface area contributed by atoms with E-state index in [1.165, 1.54) is 0 Å². The van der Waals surface area contributed by atoms with Crippen LogP contribution in [0.25, 0.3) is 16.2 Å². The van der Waals surface area contributed by atoms with Crippen molar-refractivity contribution in [3.05, 3.63) is 42.0 Å². The maximum Gasteiger partial charge on any atom is 0.224 e. The topological polar surface area (TPSA) is 86.5 Å². The number of hydrogen-bond donors (Lipinski definition) is 1. The summed E-state index contributed by atoms with van der Waals surface area (Å²) in [4.78, 5) is 29.0. The Kier molecular flexibility index (Phi) is 4.70. The van der Waals surface area contributed by atoms with Gasteiger partial charge in [-0.05, 0) is 36.8 Å². The summed E-state index contributed by atoms with van der Waals surface area (Å²) >= 11 is 1.58. The summed E-state index contributed by atoms with van der Waals surface area (Å²) in [6.45, 7) is 0. The summed E-state index contributed by atoms with van der Waals surface area (Å²) in [5, 5.41) is 15.9. The monoisotopic (exact) mass is 382 g/mol. The van der Waals surface area contributed by atoms with Crippen LogP contribution in [-0.4, -0.2) is 21.3 Å². The Labute approximate surface area is 160 Å². The molecular formula is C20H20N3O3S-. The molecule has 1 aliphatic rings. The minimum absolute atomic E-state index is 0.0448. The molecule has 140 valence electrons. The van der Waals surface area contributed by atoms with Gasteiger partial charge in [0.2, 0.25) is 5.91 Å². The van der Waals surface area contributed by atoms with Crippen molar-refractivity contribution in [3.8, 4) is 11.3 Å². The number of carbonyl (C=O) groups excluding carboxylic acids is 2. The Bertz CT molecular complexity index is 939. The number of fused-ring (bicyclic) bond motifs is 1. The van der Waals surface area contributed by atoms with Crippen molar-refractivity contribution < 1.29 is 14.7 Å². The maximum atomic E-state index is 12.5. The zero-order valence-corrected chi connectivity index (χ0v) is 15.6. The average Bonchev–Trinajstić information content (AvgIpc) is 3.31. The van der Waals surface area contributed by atoms with Crippen molar-refractivity contribution in [2.24, 2.45) is 5.41 Å². The van der Waals surface area contributed by atoms with Gasteiger partial charge in [0, 0.05) is 41.4 Å². The molecule has 2 aromatic heterocycles. The number of thiazole rings is 1. The number of carbonyl (C=O) groups is 2. The second-order valence-corrected chi connectivity index (χ2v) is 8.15. The minimum Gasteiger partial charge on any atom is -0.550 e. The molecule has 0 radical (unpaired) electrons. The molecule has 0 unspecified atom stereocenters. The fourth-order valence-corrected chi connectivity index (χ4v) is 4.68. The number of benzene rings is 1. The van der Waals surface area contributed by atoms with Gasteiger partial charge in [0.15, 0.2) is 4.96 Å². The van der Waals surface area contributed by atoms with E-state index < -0.39 is 11.4 Å². The Morgan fingerprint density at radius 2 is 1.93 bits per heavy atom. The predicted molar refractivity (Wildman–Crippen MR) is 102 cm³/mol. The van der Waals surface area contributed by atoms with Gasteiger partial charge in [-0.1, -0.05) is 25.0 Å². The Hall–Kier alpha value is -2.67. The van der Waals surface area contributed by atoms with Gasteiger partial charge in [-0.3, -0.25) is 9.20 Å². The van der Waals surface area contributed by atoms with Crippen molar-refractivity contribution in [2.45, 2.75) is 38.5 Å². The first-order valence-electron chi connectivity index (χ1n) is 9.05. The lowest BCUT2D eigenvalue weighted by atomic mass is 9.79. The summed E-state index contributed by atoms with van der Waals surface area (Å²) in [5.74, 6) is -1.22. The van der Waals surface area contributed by atoms with E-state index in [2.05, 4.69) is 10.3 Å². The number of rotatable bonds is 6. The van der Waals surface area contributed by atoms with E-state index in [0.717, 1.165) is 41.9 Å². The van der Waals surface area contributed by atoms with E-state index in [0.29, 0.717) is 5.69 Å². The quantitative estimate of drug-likeness (QED) is 0.710. The number of aromatic nitrogens is 2. The molecule has 1 N–H and O–H groups in total. The first-order chi connectivity index (χ1) is 13.0. The molecule has 7 heteroatoms. The molecule has 2 heterocycles. The molecule has 1 saturated carbocycles. The van der Waals surface area contributed by atoms with Crippen molar-refractivity contribution >= 4 is 33.9 Å². The number of nitrogens with zero attached hydrogens (tertiary/aromatic N) is 2. The molecule has 0 bridgehead atoms. The van der Waals surface area contributed by atoms with Crippen molar-refractivity contribution in [1.29, 1.82) is 0 Å². The molecule has 1 aromatic carbocycles. The minimum atomic E-state index is -1.07. The number of hydrogen-bond acceptors (Lipinski definition) is 5. The second kappa shape index (κ2) is 7.15. The standard InChI is InChI=1S/C20H21N3O3S/c24-17(11-20(12-18(25)26)7-1-2-8-20)21-15-5-3-14(4-6-15)16-13-23-9-10-27-19(23)22-16/h3-6,9-10,13H,1-2,7-8,11-12H2,(H,21,24)(H,25,26)/p-1. The van der Waals surface area contributed by atoms with Crippen LogP contribution in [0.5, 0.6) is 0 Å². The predicted octanol–water partition coefficient (Wildman–Crippen LogP) is 3.09. The number of amides is 1. The van der Waals surface area contributed by atoms with Crippen LogP contribution in [0.15, 0.2) is 42.0 Å². The van der Waals surface area contributed by atoms with Crippen molar-refractivity contribution in [2.75, 3.05) is 5.32 Å². The third-order valence-corrected chi connectivity index (χ3v) is 6.05. The number of carboxylic acid groups (broad SMARTS) is 1. The van der Waals surface area contributed by atoms with E-state index in [1.807, 2.05) is 46.4 Å². The summed E-state index contributed by atoms with van der Waals surface area (Å²) in [7, 11) is 0. The highest BCUT2D eigenvalue weighted by Gasteiger charge is 2.36. The molecule has 27 heavy (non-hydrogen) atoms. The highest BCUT2D eigenvalue weighted by atomic mass is 32.1. The van der Waals surface area contributed by atoms with Crippen LogP contribution in [0.3, 0.4) is 0 Å². The zero-order chi connectivity index (χ0) is 18.9. The summed E-state index contributed by atoms with van der Waals surface area (Å²) in [5.41, 5.74) is 2.11. The average molecular weight is 382 g/mol. The molecule has 0 saturated heterocycles. The Morgan fingerprint density at radius 1 is 1.19 bits per heavy atom.